The highest BCUT2D eigenvalue weighted by Crippen LogP contribution is 2.38. The summed E-state index contributed by atoms with van der Waals surface area (Å²) in [4.78, 5) is 17.3. The average Bonchev–Trinajstić information content (AvgIpc) is 2.77. The van der Waals surface area contributed by atoms with Gasteiger partial charge in [-0.05, 0) is 24.1 Å². The summed E-state index contributed by atoms with van der Waals surface area (Å²) in [5.41, 5.74) is 1.89. The van der Waals surface area contributed by atoms with Gasteiger partial charge in [0.1, 0.15) is 0 Å². The summed E-state index contributed by atoms with van der Waals surface area (Å²) in [5.74, 6) is 1.47. The van der Waals surface area contributed by atoms with E-state index in [0.717, 1.165) is 26.1 Å². The first kappa shape index (κ1) is 20.0. The maximum absolute atomic E-state index is 13.0. The summed E-state index contributed by atoms with van der Waals surface area (Å²) < 4.78 is 16.1. The molecule has 6 nitrogen and oxygen atoms in total. The molecule has 0 aliphatic carbocycles. The van der Waals surface area contributed by atoms with E-state index in [-0.39, 0.29) is 5.91 Å². The fourth-order valence-electron chi connectivity index (χ4n) is 3.49. The third-order valence-corrected chi connectivity index (χ3v) is 5.13. The van der Waals surface area contributed by atoms with Crippen molar-refractivity contribution in [3.8, 4) is 17.2 Å². The van der Waals surface area contributed by atoms with Crippen LogP contribution in [0.2, 0.25) is 0 Å². The van der Waals surface area contributed by atoms with Gasteiger partial charge in [0, 0.05) is 38.3 Å². The van der Waals surface area contributed by atoms with Crippen LogP contribution in [0.3, 0.4) is 0 Å². The first-order valence-corrected chi connectivity index (χ1v) is 9.51. The topological polar surface area (TPSA) is 51.2 Å². The standard InChI is InChI=1S/C22H28N2O4/c1-26-19-15-18(16-20(27-2)21(19)28-3)22(25)24-13-11-23(12-14-24)10-9-17-7-5-4-6-8-17/h4-8,15-16H,9-14H2,1-3H3. The molecule has 0 atom stereocenters. The maximum atomic E-state index is 13.0. The molecule has 0 radical (unpaired) electrons. The van der Waals surface area contributed by atoms with Crippen LogP contribution < -0.4 is 14.2 Å². The van der Waals surface area contributed by atoms with Crippen molar-refractivity contribution >= 4 is 5.91 Å². The first-order chi connectivity index (χ1) is 13.7. The largest absolute Gasteiger partial charge is 0.493 e. The average molecular weight is 384 g/mol. The number of benzene rings is 2. The molecule has 2 aromatic rings. The van der Waals surface area contributed by atoms with Gasteiger partial charge in [-0.15, -0.1) is 0 Å². The van der Waals surface area contributed by atoms with Crippen molar-refractivity contribution in [2.45, 2.75) is 6.42 Å². The minimum Gasteiger partial charge on any atom is -0.493 e. The van der Waals surface area contributed by atoms with Crippen LogP contribution in [0.25, 0.3) is 0 Å². The number of carbonyl (C=O) groups is 1. The van der Waals surface area contributed by atoms with Crippen molar-refractivity contribution in [1.82, 2.24) is 9.80 Å². The lowest BCUT2D eigenvalue weighted by Gasteiger charge is -2.35. The van der Waals surface area contributed by atoms with Crippen LogP contribution in [0.15, 0.2) is 42.5 Å². The summed E-state index contributed by atoms with van der Waals surface area (Å²) in [6.07, 6.45) is 1.03. The van der Waals surface area contributed by atoms with E-state index < -0.39 is 0 Å². The molecule has 1 saturated heterocycles. The minimum atomic E-state index is -0.0121. The van der Waals surface area contributed by atoms with E-state index in [2.05, 4.69) is 29.2 Å². The number of ether oxygens (including phenoxy) is 3. The van der Waals surface area contributed by atoms with Crippen molar-refractivity contribution in [2.24, 2.45) is 0 Å². The molecule has 6 heteroatoms. The van der Waals surface area contributed by atoms with Gasteiger partial charge in [0.15, 0.2) is 11.5 Å². The lowest BCUT2D eigenvalue weighted by molar-refractivity contribution is 0.0637. The Bertz CT molecular complexity index is 761. The monoisotopic (exact) mass is 384 g/mol. The van der Waals surface area contributed by atoms with Crippen LogP contribution in [-0.2, 0) is 6.42 Å². The van der Waals surface area contributed by atoms with Crippen molar-refractivity contribution in [3.63, 3.8) is 0 Å². The van der Waals surface area contributed by atoms with E-state index in [9.17, 15) is 4.79 Å². The number of hydrogen-bond donors (Lipinski definition) is 0. The highest BCUT2D eigenvalue weighted by atomic mass is 16.5. The van der Waals surface area contributed by atoms with E-state index in [0.29, 0.717) is 35.9 Å². The Hall–Kier alpha value is -2.73. The summed E-state index contributed by atoms with van der Waals surface area (Å²) >= 11 is 0. The SMILES string of the molecule is COc1cc(C(=O)N2CCN(CCc3ccccc3)CC2)cc(OC)c1OC. The Morgan fingerprint density at radius 2 is 1.50 bits per heavy atom. The van der Waals surface area contributed by atoms with Gasteiger partial charge in [0.2, 0.25) is 5.75 Å². The van der Waals surface area contributed by atoms with Gasteiger partial charge >= 0.3 is 0 Å². The second-order valence-electron chi connectivity index (χ2n) is 6.78. The summed E-state index contributed by atoms with van der Waals surface area (Å²) in [6, 6.07) is 13.9. The maximum Gasteiger partial charge on any atom is 0.254 e. The Labute approximate surface area is 166 Å². The molecule has 2 aromatic carbocycles. The van der Waals surface area contributed by atoms with Gasteiger partial charge in [0.05, 0.1) is 21.3 Å². The highest BCUT2D eigenvalue weighted by molar-refractivity contribution is 5.95. The second-order valence-corrected chi connectivity index (χ2v) is 6.78. The lowest BCUT2D eigenvalue weighted by Crippen LogP contribution is -2.49. The number of methoxy groups -OCH3 is 3. The van der Waals surface area contributed by atoms with Crippen LogP contribution in [0.1, 0.15) is 15.9 Å². The van der Waals surface area contributed by atoms with Crippen molar-refractivity contribution < 1.29 is 19.0 Å². The van der Waals surface area contributed by atoms with Crippen LogP contribution >= 0.6 is 0 Å². The molecule has 0 saturated carbocycles. The molecular weight excluding hydrogens is 356 g/mol. The fraction of sp³-hybridized carbons (Fsp3) is 0.409. The van der Waals surface area contributed by atoms with Gasteiger partial charge in [-0.1, -0.05) is 30.3 Å². The minimum absolute atomic E-state index is 0.0121. The number of amides is 1. The Morgan fingerprint density at radius 3 is 2.04 bits per heavy atom. The molecule has 0 bridgehead atoms. The van der Waals surface area contributed by atoms with E-state index >= 15 is 0 Å². The normalized spacial score (nSPS) is 14.6. The molecule has 1 fully saturated rings. The Kier molecular flexibility index (Phi) is 6.76. The number of piperazine rings is 1. The smallest absolute Gasteiger partial charge is 0.254 e. The van der Waals surface area contributed by atoms with E-state index in [1.807, 2.05) is 11.0 Å². The molecule has 1 aliphatic heterocycles. The molecule has 1 aliphatic rings. The molecule has 0 N–H and O–H groups in total. The molecule has 28 heavy (non-hydrogen) atoms. The zero-order valence-corrected chi connectivity index (χ0v) is 16.8. The van der Waals surface area contributed by atoms with Gasteiger partial charge < -0.3 is 19.1 Å². The quantitative estimate of drug-likeness (QED) is 0.735. The summed E-state index contributed by atoms with van der Waals surface area (Å²) in [5, 5.41) is 0. The molecule has 3 rings (SSSR count). The van der Waals surface area contributed by atoms with Crippen LogP contribution in [0.4, 0.5) is 0 Å². The molecule has 150 valence electrons. The number of rotatable bonds is 7. The zero-order valence-electron chi connectivity index (χ0n) is 16.8. The summed E-state index contributed by atoms with van der Waals surface area (Å²) in [7, 11) is 4.66. The van der Waals surface area contributed by atoms with E-state index in [1.54, 1.807) is 33.5 Å². The molecule has 0 unspecified atom stereocenters. The van der Waals surface area contributed by atoms with Crippen LogP contribution in [0, 0.1) is 0 Å². The zero-order chi connectivity index (χ0) is 19.9. The van der Waals surface area contributed by atoms with Gasteiger partial charge in [-0.2, -0.15) is 0 Å². The molecular formula is C22H28N2O4. The van der Waals surface area contributed by atoms with Gasteiger partial charge in [0.25, 0.3) is 5.91 Å². The van der Waals surface area contributed by atoms with Crippen molar-refractivity contribution in [3.05, 3.63) is 53.6 Å². The third kappa shape index (κ3) is 4.57. The number of hydrogen-bond acceptors (Lipinski definition) is 5. The van der Waals surface area contributed by atoms with E-state index in [4.69, 9.17) is 14.2 Å². The number of nitrogens with zero attached hydrogens (tertiary/aromatic N) is 2. The van der Waals surface area contributed by atoms with Crippen LogP contribution in [0.5, 0.6) is 17.2 Å². The van der Waals surface area contributed by atoms with Crippen molar-refractivity contribution in [1.29, 1.82) is 0 Å². The fourth-order valence-corrected chi connectivity index (χ4v) is 3.49. The predicted octanol–water partition coefficient (Wildman–Crippen LogP) is 2.71. The second kappa shape index (κ2) is 9.46. The lowest BCUT2D eigenvalue weighted by atomic mass is 10.1. The predicted molar refractivity (Wildman–Crippen MR) is 109 cm³/mol. The summed E-state index contributed by atoms with van der Waals surface area (Å²) in [6.45, 7) is 4.19. The Balaban J connectivity index is 1.60. The van der Waals surface area contributed by atoms with Gasteiger partial charge in [-0.3, -0.25) is 9.69 Å². The van der Waals surface area contributed by atoms with Crippen LogP contribution in [-0.4, -0.2) is 69.8 Å². The Morgan fingerprint density at radius 1 is 0.893 bits per heavy atom. The van der Waals surface area contributed by atoms with Crippen molar-refractivity contribution in [2.75, 3.05) is 54.1 Å². The highest BCUT2D eigenvalue weighted by Gasteiger charge is 2.24. The molecule has 1 heterocycles. The molecule has 0 spiro atoms. The third-order valence-electron chi connectivity index (χ3n) is 5.13. The molecule has 1 amide bonds. The van der Waals surface area contributed by atoms with E-state index in [1.165, 1.54) is 5.56 Å². The molecule has 0 aromatic heterocycles. The number of carbonyl (C=O) groups excluding carboxylic acids is 1. The van der Waals surface area contributed by atoms with Gasteiger partial charge in [-0.25, -0.2) is 0 Å². The first-order valence-electron chi connectivity index (χ1n) is 9.51.